The first-order valence-electron chi connectivity index (χ1n) is 6.43. The summed E-state index contributed by atoms with van der Waals surface area (Å²) in [6.07, 6.45) is 16.3. The van der Waals surface area contributed by atoms with Crippen LogP contribution in [0.2, 0.25) is 13.1 Å². The molecule has 0 atom stereocenters. The summed E-state index contributed by atoms with van der Waals surface area (Å²) in [5.74, 6) is 0. The van der Waals surface area contributed by atoms with Crippen molar-refractivity contribution in [3.05, 3.63) is 44.2 Å². The van der Waals surface area contributed by atoms with Gasteiger partial charge in [0.05, 0.1) is 0 Å². The number of allylic oxidation sites excluding steroid dienone is 8. The maximum absolute atomic E-state index is 2.54. The van der Waals surface area contributed by atoms with Crippen LogP contribution >= 0.6 is 0 Å². The van der Waals surface area contributed by atoms with E-state index in [0.717, 1.165) is 0 Å². The molecule has 0 aromatic rings. The molecular formula is C15H23ClSiTi-2. The third kappa shape index (κ3) is 2.51. The standard InChI is InChI=1S/2C5H5.C3H6.C2H6Si.ClH.Ti.H/c2*1-2-4-5-3-1;2*1-3-2;;;/h2*1-3H,4H2;2*1-2H3;1H;;/q;;;;;;-1/p-1. The van der Waals surface area contributed by atoms with E-state index in [1.54, 1.807) is 11.6 Å². The van der Waals surface area contributed by atoms with E-state index in [1.807, 2.05) is 0 Å². The SMILES string of the molecule is C[C](C)=[Ti]([C]1=CC=CC1)([C]1=CC=CC1)=[Si](C)C.[Cl-].[H-]. The van der Waals surface area contributed by atoms with Crippen molar-refractivity contribution in [3.8, 4) is 0 Å². The molecule has 0 saturated heterocycles. The van der Waals surface area contributed by atoms with Gasteiger partial charge in [-0.3, -0.25) is 0 Å². The maximum atomic E-state index is 2.54. The molecule has 0 nitrogen and oxygen atoms in total. The molecule has 0 N–H and O–H groups in total. The van der Waals surface area contributed by atoms with Gasteiger partial charge >= 0.3 is 109 Å². The van der Waals surface area contributed by atoms with Crippen LogP contribution in [0.4, 0.5) is 0 Å². The Kier molecular flexibility index (Phi) is 5.79. The van der Waals surface area contributed by atoms with Crippen molar-refractivity contribution in [2.75, 3.05) is 0 Å². The fourth-order valence-corrected chi connectivity index (χ4v) is 23.0. The van der Waals surface area contributed by atoms with E-state index in [9.17, 15) is 0 Å². The smallest absolute Gasteiger partial charge is 1.00 e. The Hall–Kier alpha value is 0.0512. The molecule has 0 radical (unpaired) electrons. The molecule has 0 fully saturated rings. The van der Waals surface area contributed by atoms with Gasteiger partial charge in [-0.25, -0.2) is 0 Å². The summed E-state index contributed by atoms with van der Waals surface area (Å²) >= 11 is -2.08. The molecule has 0 aromatic carbocycles. The van der Waals surface area contributed by atoms with Gasteiger partial charge in [-0.05, 0) is 0 Å². The number of hydrogen-bond acceptors (Lipinski definition) is 0. The van der Waals surface area contributed by atoms with E-state index in [-0.39, 0.29) is 20.0 Å². The van der Waals surface area contributed by atoms with E-state index < -0.39 is 14.9 Å². The predicted octanol–water partition coefficient (Wildman–Crippen LogP) is 1.41. The minimum Gasteiger partial charge on any atom is -1.00 e. The Bertz CT molecular complexity index is 521. The van der Waals surface area contributed by atoms with Gasteiger partial charge in [-0.2, -0.15) is 0 Å². The van der Waals surface area contributed by atoms with Crippen LogP contribution in [0.5, 0.6) is 0 Å². The molecule has 0 aromatic heterocycles. The largest absolute Gasteiger partial charge is 1.00 e. The van der Waals surface area contributed by atoms with E-state index in [2.05, 4.69) is 63.4 Å². The van der Waals surface area contributed by atoms with Crippen LogP contribution < -0.4 is 12.4 Å². The molecule has 2 aliphatic rings. The van der Waals surface area contributed by atoms with Gasteiger partial charge in [0.25, 0.3) is 0 Å². The van der Waals surface area contributed by atoms with Crippen molar-refractivity contribution < 1.29 is 28.7 Å². The quantitative estimate of drug-likeness (QED) is 0.676. The fourth-order valence-electron chi connectivity index (χ4n) is 3.44. The first-order chi connectivity index (χ1) is 8.10. The summed E-state index contributed by atoms with van der Waals surface area (Å²) in [5, 5.41) is 0. The first kappa shape index (κ1) is 16.1. The van der Waals surface area contributed by atoms with Gasteiger partial charge in [0.2, 0.25) is 0 Å². The van der Waals surface area contributed by atoms with Gasteiger partial charge in [-0.15, -0.1) is 0 Å². The van der Waals surface area contributed by atoms with E-state index in [4.69, 9.17) is 0 Å². The average Bonchev–Trinajstić information content (AvgIpc) is 2.88. The van der Waals surface area contributed by atoms with E-state index >= 15 is 0 Å². The fraction of sp³-hybridized carbons (Fsp3) is 0.400. The van der Waals surface area contributed by atoms with Crippen LogP contribution in [0.1, 0.15) is 28.1 Å². The molecule has 0 unspecified atom stereocenters. The summed E-state index contributed by atoms with van der Waals surface area (Å²) in [7, 11) is 0. The van der Waals surface area contributed by atoms with Crippen molar-refractivity contribution >= 4 is 10.00 Å². The van der Waals surface area contributed by atoms with E-state index in [1.165, 1.54) is 12.8 Å². The topological polar surface area (TPSA) is 0 Å². The molecule has 0 aliphatic heterocycles. The van der Waals surface area contributed by atoms with Crippen molar-refractivity contribution in [2.24, 2.45) is 0 Å². The number of rotatable bonds is 2. The Labute approximate surface area is 122 Å². The van der Waals surface area contributed by atoms with Gasteiger partial charge in [0.15, 0.2) is 0 Å². The van der Waals surface area contributed by atoms with Crippen LogP contribution in [-0.4, -0.2) is 10.00 Å². The molecule has 3 heteroatoms. The third-order valence-electron chi connectivity index (χ3n) is 4.01. The summed E-state index contributed by atoms with van der Waals surface area (Å²) < 4.78 is 5.37. The second-order valence-electron chi connectivity index (χ2n) is 5.40. The third-order valence-corrected chi connectivity index (χ3v) is 23.8. The molecule has 100 valence electrons. The zero-order valence-corrected chi connectivity index (χ0v) is 15.1. The Balaban J connectivity index is 0.00000162. The van der Waals surface area contributed by atoms with Crippen molar-refractivity contribution in [1.29, 1.82) is 0 Å². The van der Waals surface area contributed by atoms with Crippen molar-refractivity contribution in [1.82, 2.24) is 0 Å². The van der Waals surface area contributed by atoms with Crippen LogP contribution in [0.25, 0.3) is 0 Å². The monoisotopic (exact) mass is 314 g/mol. The Morgan fingerprint density at radius 2 is 1.50 bits per heavy atom. The van der Waals surface area contributed by atoms with Crippen molar-refractivity contribution in [2.45, 2.75) is 39.8 Å². The van der Waals surface area contributed by atoms with Crippen LogP contribution in [0, 0.1) is 0 Å². The normalized spacial score (nSPS) is 16.4. The zero-order chi connectivity index (χ0) is 12.5. The van der Waals surface area contributed by atoms with Crippen LogP contribution in [0.15, 0.2) is 44.2 Å². The average molecular weight is 315 g/mol. The minimum atomic E-state index is -2.08. The number of hydrogen-bond donors (Lipinski definition) is 0. The van der Waals surface area contributed by atoms with Gasteiger partial charge < -0.3 is 13.8 Å². The van der Waals surface area contributed by atoms with Gasteiger partial charge in [0, 0.05) is 0 Å². The molecule has 0 amide bonds. The molecule has 2 rings (SSSR count). The Morgan fingerprint density at radius 1 is 1.06 bits per heavy atom. The second-order valence-corrected chi connectivity index (χ2v) is 21.1. The first-order valence-corrected chi connectivity index (χ1v) is 13.6. The molecular weight excluding hydrogens is 292 g/mol. The predicted molar refractivity (Wildman–Crippen MR) is 78.6 cm³/mol. The van der Waals surface area contributed by atoms with Crippen LogP contribution in [0.3, 0.4) is 0 Å². The van der Waals surface area contributed by atoms with E-state index in [0.29, 0.717) is 0 Å². The van der Waals surface area contributed by atoms with Crippen molar-refractivity contribution in [3.63, 3.8) is 0 Å². The van der Waals surface area contributed by atoms with Gasteiger partial charge in [-0.1, -0.05) is 0 Å². The molecule has 0 heterocycles. The molecule has 18 heavy (non-hydrogen) atoms. The molecule has 0 saturated carbocycles. The van der Waals surface area contributed by atoms with Gasteiger partial charge in [0.1, 0.15) is 0 Å². The summed E-state index contributed by atoms with van der Waals surface area (Å²) in [6, 6.07) is 0. The second kappa shape index (κ2) is 6.47. The minimum absolute atomic E-state index is 0. The summed E-state index contributed by atoms with van der Waals surface area (Å²) in [5.41, 5.74) is 0. The summed E-state index contributed by atoms with van der Waals surface area (Å²) in [6.45, 7) is 9.87. The number of halogens is 1. The maximum Gasteiger partial charge on any atom is -1.00 e. The van der Waals surface area contributed by atoms with Crippen LogP contribution in [-0.2, 0) is 14.9 Å². The summed E-state index contributed by atoms with van der Waals surface area (Å²) in [4.78, 5) is 0. The zero-order valence-electron chi connectivity index (χ0n) is 12.8. The molecule has 0 bridgehead atoms. The Morgan fingerprint density at radius 3 is 1.72 bits per heavy atom. The molecule has 2 aliphatic carbocycles. The molecule has 0 spiro atoms.